The van der Waals surface area contributed by atoms with Crippen molar-refractivity contribution in [2.75, 3.05) is 0 Å². The monoisotopic (exact) mass is 526 g/mol. The molecule has 0 aromatic heterocycles. The Morgan fingerprint density at radius 2 is 1.09 bits per heavy atom. The third kappa shape index (κ3) is 8.45. The lowest BCUT2D eigenvalue weighted by Crippen LogP contribution is -2.16. The molecule has 0 bridgehead atoms. The molecule has 3 aromatic rings. The zero-order chi connectivity index (χ0) is 25.9. The van der Waals surface area contributed by atoms with Crippen LogP contribution < -0.4 is 17.8 Å². The second-order valence-electron chi connectivity index (χ2n) is 8.48. The summed E-state index contributed by atoms with van der Waals surface area (Å²) in [6.45, 7) is 6.25. The second kappa shape index (κ2) is 10.1. The Bertz CT molecular complexity index is 1270. The molecular weight excluding hydrogens is 502 g/mol. The number of rotatable bonds is 9. The van der Waals surface area contributed by atoms with Gasteiger partial charge >= 0.3 is 10.5 Å². The Hall–Kier alpha value is -3.31. The van der Waals surface area contributed by atoms with E-state index in [1.54, 1.807) is 0 Å². The van der Waals surface area contributed by atoms with Gasteiger partial charge in [-0.15, -0.1) is 3.89 Å². The van der Waals surface area contributed by atoms with Crippen LogP contribution in [0.2, 0.25) is 0 Å². The molecule has 0 aliphatic rings. The van der Waals surface area contributed by atoms with Gasteiger partial charge in [0.2, 0.25) is 0 Å². The average molecular weight is 527 g/mol. The molecule has 35 heavy (non-hydrogen) atoms. The topological polar surface area (TPSA) is 88.1 Å². The van der Waals surface area contributed by atoms with Gasteiger partial charge in [0.15, 0.2) is 0 Å². The van der Waals surface area contributed by atoms with Gasteiger partial charge in [0, 0.05) is 11.4 Å². The van der Waals surface area contributed by atoms with E-state index in [1.807, 2.05) is 24.3 Å². The van der Waals surface area contributed by atoms with Crippen molar-refractivity contribution in [3.8, 4) is 23.0 Å². The van der Waals surface area contributed by atoms with E-state index in [4.69, 9.17) is 9.47 Å². The molecule has 0 heterocycles. The lowest BCUT2D eigenvalue weighted by molar-refractivity contribution is 0.00373. The van der Waals surface area contributed by atoms with Crippen LogP contribution in [0.1, 0.15) is 38.2 Å². The summed E-state index contributed by atoms with van der Waals surface area (Å²) >= 11 is 0. The summed E-state index contributed by atoms with van der Waals surface area (Å²) in [4.78, 5) is 0. The van der Waals surface area contributed by atoms with Gasteiger partial charge < -0.3 is 17.8 Å². The third-order valence-corrected chi connectivity index (χ3v) is 5.43. The average Bonchev–Trinajstić information content (AvgIpc) is 2.73. The Morgan fingerprint density at radius 3 is 1.46 bits per heavy atom. The van der Waals surface area contributed by atoms with Crippen LogP contribution in [-0.2, 0) is 26.1 Å². The van der Waals surface area contributed by atoms with Crippen LogP contribution in [0, 0.1) is 0 Å². The van der Waals surface area contributed by atoms with Crippen LogP contribution in [0.4, 0.5) is 7.77 Å². The molecule has 11 heteroatoms. The molecule has 0 aliphatic carbocycles. The predicted octanol–water partition coefficient (Wildman–Crippen LogP) is 5.63. The highest BCUT2D eigenvalue weighted by atomic mass is 32.3. The molecule has 0 spiro atoms. The smallest absolute Gasteiger partial charge is 0.451 e. The van der Waals surface area contributed by atoms with Crippen LogP contribution in [-0.4, -0.2) is 18.5 Å². The van der Waals surface area contributed by atoms with Gasteiger partial charge in [-0.1, -0.05) is 48.9 Å². The normalized spacial score (nSPS) is 14.4. The first kappa shape index (κ1) is 26.3. The van der Waals surface area contributed by atoms with Gasteiger partial charge in [0.1, 0.15) is 23.0 Å². The van der Waals surface area contributed by atoms with Crippen molar-refractivity contribution in [1.29, 1.82) is 0 Å². The second-order valence-corrected chi connectivity index (χ2v) is 10.7. The molecule has 2 unspecified atom stereocenters. The Morgan fingerprint density at radius 1 is 0.686 bits per heavy atom. The molecule has 188 valence electrons. The van der Waals surface area contributed by atoms with E-state index in [2.05, 4.69) is 35.0 Å². The summed E-state index contributed by atoms with van der Waals surface area (Å²) in [6, 6.07) is 18.5. The summed E-state index contributed by atoms with van der Waals surface area (Å²) in [6.07, 6.45) is -0.953. The molecule has 7 nitrogen and oxygen atoms in total. The van der Waals surface area contributed by atoms with Crippen LogP contribution in [0.15, 0.2) is 72.8 Å². The number of halogens is 2. The number of ether oxygens (including phenoxy) is 2. The predicted molar refractivity (Wildman–Crippen MR) is 130 cm³/mol. The zero-order valence-corrected chi connectivity index (χ0v) is 20.8. The summed E-state index contributed by atoms with van der Waals surface area (Å²) in [5.41, 5.74) is 1.69. The van der Waals surface area contributed by atoms with Crippen molar-refractivity contribution in [2.45, 2.75) is 32.5 Å². The third-order valence-electron chi connectivity index (χ3n) is 4.60. The summed E-state index contributed by atoms with van der Waals surface area (Å²) in [5, 5.41) is 0. The molecule has 3 aromatic carbocycles. The standard InChI is InChI=1S/C24H24F2O7S2/c1-24(2,3)18-7-5-17(6-8-18)23(30-19-9-13-21(14-10-19)32-34(4,25)27)31-20-11-15-22(16-12-20)33-35(26,28)29/h5-16,23H,4H2,1-3H3. The van der Waals surface area contributed by atoms with Crippen LogP contribution >= 0.6 is 0 Å². The lowest BCUT2D eigenvalue weighted by Gasteiger charge is -2.23. The van der Waals surface area contributed by atoms with E-state index < -0.39 is 27.0 Å². The number of hydrogen-bond acceptors (Lipinski definition) is 7. The fourth-order valence-corrected chi connectivity index (χ4v) is 3.69. The Labute approximate surface area is 204 Å². The molecule has 0 saturated carbocycles. The minimum atomic E-state index is -5.15. The van der Waals surface area contributed by atoms with Crippen molar-refractivity contribution >= 4 is 26.6 Å². The van der Waals surface area contributed by atoms with Crippen molar-refractivity contribution in [3.63, 3.8) is 0 Å². The maximum Gasteiger partial charge on any atom is 0.488 e. The maximum atomic E-state index is 13.2. The summed E-state index contributed by atoms with van der Waals surface area (Å²) in [7, 11) is -9.31. The highest BCUT2D eigenvalue weighted by Gasteiger charge is 2.19. The maximum absolute atomic E-state index is 13.2. The largest absolute Gasteiger partial charge is 0.488 e. The fraction of sp³-hybridized carbons (Fsp3) is 0.208. The highest BCUT2D eigenvalue weighted by Crippen LogP contribution is 2.30. The van der Waals surface area contributed by atoms with Gasteiger partial charge in [0.25, 0.3) is 16.5 Å². The molecule has 0 radical (unpaired) electrons. The van der Waals surface area contributed by atoms with Gasteiger partial charge in [-0.2, -0.15) is 12.6 Å². The van der Waals surface area contributed by atoms with Crippen molar-refractivity contribution in [2.24, 2.45) is 0 Å². The van der Waals surface area contributed by atoms with Crippen LogP contribution in [0.25, 0.3) is 0 Å². The first-order valence-corrected chi connectivity index (χ1v) is 13.1. The Balaban J connectivity index is 1.86. The van der Waals surface area contributed by atoms with Crippen molar-refractivity contribution in [3.05, 3.63) is 83.9 Å². The Kier molecular flexibility index (Phi) is 7.61. The van der Waals surface area contributed by atoms with Crippen molar-refractivity contribution in [1.82, 2.24) is 0 Å². The molecule has 3 rings (SSSR count). The van der Waals surface area contributed by atoms with Gasteiger partial charge in [-0.3, -0.25) is 0 Å². The summed E-state index contributed by atoms with van der Waals surface area (Å²) in [5.74, 6) is 3.20. The first-order valence-electron chi connectivity index (χ1n) is 10.2. The van der Waals surface area contributed by atoms with E-state index >= 15 is 0 Å². The van der Waals surface area contributed by atoms with E-state index in [0.29, 0.717) is 11.3 Å². The molecule has 0 N–H and O–H groups in total. The quantitative estimate of drug-likeness (QED) is 0.203. The minimum absolute atomic E-state index is 0.00486. The molecule has 0 saturated heterocycles. The SMILES string of the molecule is C=S(=O)(F)Oc1ccc(OC(Oc2ccc(OS(=O)(=O)F)cc2)c2ccc(C(C)(C)C)cc2)cc1. The lowest BCUT2D eigenvalue weighted by atomic mass is 9.87. The fourth-order valence-electron chi connectivity index (χ4n) is 2.95. The van der Waals surface area contributed by atoms with Gasteiger partial charge in [-0.25, -0.2) is 0 Å². The molecule has 0 fully saturated rings. The molecule has 0 aliphatic heterocycles. The van der Waals surface area contributed by atoms with E-state index in [9.17, 15) is 20.4 Å². The van der Waals surface area contributed by atoms with Crippen LogP contribution in [0.3, 0.4) is 0 Å². The molecular formula is C24H24F2O7S2. The van der Waals surface area contributed by atoms with Gasteiger partial charge in [0.05, 0.1) is 0 Å². The highest BCUT2D eigenvalue weighted by molar-refractivity contribution is 7.91. The van der Waals surface area contributed by atoms with Crippen LogP contribution in [0.5, 0.6) is 23.0 Å². The van der Waals surface area contributed by atoms with Gasteiger partial charge in [-0.05, 0) is 59.5 Å². The van der Waals surface area contributed by atoms with E-state index in [0.717, 1.165) is 5.56 Å². The minimum Gasteiger partial charge on any atom is -0.451 e. The molecule has 2 atom stereocenters. The number of hydrogen-bond donors (Lipinski definition) is 0. The van der Waals surface area contributed by atoms with E-state index in [-0.39, 0.29) is 22.7 Å². The van der Waals surface area contributed by atoms with Crippen molar-refractivity contribution < 1.29 is 38.2 Å². The number of benzene rings is 3. The first-order chi connectivity index (χ1) is 16.2. The summed E-state index contributed by atoms with van der Waals surface area (Å²) < 4.78 is 79.1. The zero-order valence-electron chi connectivity index (χ0n) is 19.1. The van der Waals surface area contributed by atoms with E-state index in [1.165, 1.54) is 48.5 Å². The molecule has 0 amide bonds.